The molecule has 1 atom stereocenters. The van der Waals surface area contributed by atoms with Crippen molar-refractivity contribution in [2.75, 3.05) is 19.6 Å². The zero-order valence-corrected chi connectivity index (χ0v) is 16.8. The van der Waals surface area contributed by atoms with Crippen LogP contribution in [0, 0.1) is 0 Å². The molecule has 1 saturated heterocycles. The minimum Gasteiger partial charge on any atom is -0.391 e. The van der Waals surface area contributed by atoms with Crippen molar-refractivity contribution in [2.24, 2.45) is 4.99 Å². The first kappa shape index (κ1) is 19.7. The number of likely N-dealkylation sites (tertiary alicyclic amines) is 1. The molecule has 0 bridgehead atoms. The number of halogens is 1. The van der Waals surface area contributed by atoms with Gasteiger partial charge in [0, 0.05) is 31.4 Å². The molecule has 1 aliphatic heterocycles. The van der Waals surface area contributed by atoms with Crippen LogP contribution in [0.5, 0.6) is 0 Å². The van der Waals surface area contributed by atoms with Crippen LogP contribution < -0.4 is 5.32 Å². The number of rotatable bonds is 5. The molecule has 0 aliphatic carbocycles. The molecule has 2 N–H and O–H groups in total. The predicted octanol–water partition coefficient (Wildman–Crippen LogP) is 2.08. The lowest BCUT2D eigenvalue weighted by Gasteiger charge is -2.20. The molecule has 7 heteroatoms. The highest BCUT2D eigenvalue weighted by molar-refractivity contribution is 14.0. The summed E-state index contributed by atoms with van der Waals surface area (Å²) in [5.74, 6) is 0.866. The van der Waals surface area contributed by atoms with E-state index in [-0.39, 0.29) is 30.1 Å². The van der Waals surface area contributed by atoms with Crippen LogP contribution in [0.4, 0.5) is 0 Å². The number of nitrogens with one attached hydrogen (secondary N) is 1. The summed E-state index contributed by atoms with van der Waals surface area (Å²) in [4.78, 5) is 6.80. The van der Waals surface area contributed by atoms with Crippen molar-refractivity contribution in [1.29, 1.82) is 0 Å². The molecular formula is C18H26IN5O. The van der Waals surface area contributed by atoms with Gasteiger partial charge in [-0.2, -0.15) is 5.10 Å². The zero-order valence-electron chi connectivity index (χ0n) is 14.5. The number of benzene rings is 1. The third kappa shape index (κ3) is 5.71. The van der Waals surface area contributed by atoms with Crippen LogP contribution in [-0.4, -0.2) is 51.5 Å². The van der Waals surface area contributed by atoms with E-state index in [1.165, 1.54) is 5.56 Å². The van der Waals surface area contributed by atoms with Gasteiger partial charge in [-0.05, 0) is 18.9 Å². The topological polar surface area (TPSA) is 65.7 Å². The largest absolute Gasteiger partial charge is 0.391 e. The molecule has 0 radical (unpaired) electrons. The van der Waals surface area contributed by atoms with Gasteiger partial charge in [0.05, 0.1) is 25.4 Å². The summed E-state index contributed by atoms with van der Waals surface area (Å²) >= 11 is 0. The van der Waals surface area contributed by atoms with Crippen LogP contribution in [0.1, 0.15) is 24.5 Å². The summed E-state index contributed by atoms with van der Waals surface area (Å²) in [6.45, 7) is 5.73. The fourth-order valence-corrected chi connectivity index (χ4v) is 2.87. The molecule has 1 aromatic heterocycles. The number of hydrogen-bond acceptors (Lipinski definition) is 3. The molecule has 1 aliphatic rings. The third-order valence-electron chi connectivity index (χ3n) is 4.08. The lowest BCUT2D eigenvalue weighted by atomic mass is 10.2. The van der Waals surface area contributed by atoms with Gasteiger partial charge >= 0.3 is 0 Å². The molecular weight excluding hydrogens is 429 g/mol. The van der Waals surface area contributed by atoms with E-state index in [1.54, 1.807) is 0 Å². The number of aliphatic hydroxyl groups is 1. The molecule has 0 amide bonds. The van der Waals surface area contributed by atoms with Crippen molar-refractivity contribution in [3.63, 3.8) is 0 Å². The molecule has 3 rings (SSSR count). The minimum absolute atomic E-state index is 0. The van der Waals surface area contributed by atoms with Crippen molar-refractivity contribution < 1.29 is 5.11 Å². The maximum absolute atomic E-state index is 9.71. The Hall–Kier alpha value is -1.61. The van der Waals surface area contributed by atoms with Gasteiger partial charge in [0.15, 0.2) is 5.96 Å². The Morgan fingerprint density at radius 2 is 2.12 bits per heavy atom. The van der Waals surface area contributed by atoms with E-state index in [0.717, 1.165) is 37.6 Å². The maximum Gasteiger partial charge on any atom is 0.194 e. The van der Waals surface area contributed by atoms with E-state index in [4.69, 9.17) is 0 Å². The SMILES string of the molecule is CCNC(=NCc1cnn(Cc2ccccc2)c1)N1CC[C@@H](O)C1.I. The molecule has 1 fully saturated rings. The minimum atomic E-state index is -0.248. The van der Waals surface area contributed by atoms with Crippen molar-refractivity contribution >= 4 is 29.9 Å². The fourth-order valence-electron chi connectivity index (χ4n) is 2.87. The second-order valence-corrected chi connectivity index (χ2v) is 6.09. The number of aromatic nitrogens is 2. The molecule has 6 nitrogen and oxygen atoms in total. The van der Waals surface area contributed by atoms with Crippen LogP contribution >= 0.6 is 24.0 Å². The van der Waals surface area contributed by atoms with Gasteiger partial charge in [-0.3, -0.25) is 4.68 Å². The number of aliphatic imine (C=N–C) groups is 1. The quantitative estimate of drug-likeness (QED) is 0.412. The number of guanidine groups is 1. The Balaban J connectivity index is 0.00000225. The summed E-state index contributed by atoms with van der Waals surface area (Å²) in [5, 5.41) is 17.4. The second-order valence-electron chi connectivity index (χ2n) is 6.09. The number of hydrogen-bond donors (Lipinski definition) is 2. The van der Waals surface area contributed by atoms with Crippen LogP contribution in [0.2, 0.25) is 0 Å². The molecule has 0 unspecified atom stereocenters. The standard InChI is InChI=1S/C18H25N5O.HI/c1-2-19-18(22-9-8-17(24)14-22)20-10-16-11-21-23(13-16)12-15-6-4-3-5-7-15;/h3-7,11,13,17,24H,2,8-10,12,14H2,1H3,(H,19,20);1H/t17-;/m1./s1. The lowest BCUT2D eigenvalue weighted by molar-refractivity contribution is 0.188. The number of β-amino-alcohol motifs (C(OH)–C–C–N with tert-alkyl or cyclic N) is 1. The molecule has 2 aromatic rings. The maximum atomic E-state index is 9.71. The van der Waals surface area contributed by atoms with E-state index in [9.17, 15) is 5.11 Å². The van der Waals surface area contributed by atoms with E-state index >= 15 is 0 Å². The van der Waals surface area contributed by atoms with Crippen molar-refractivity contribution in [3.05, 3.63) is 53.9 Å². The van der Waals surface area contributed by atoms with Crippen LogP contribution in [0.15, 0.2) is 47.7 Å². The predicted molar refractivity (Wildman–Crippen MR) is 110 cm³/mol. The second kappa shape index (κ2) is 9.76. The molecule has 25 heavy (non-hydrogen) atoms. The lowest BCUT2D eigenvalue weighted by Crippen LogP contribution is -2.40. The average Bonchev–Trinajstić information content (AvgIpc) is 3.21. The Labute approximate surface area is 166 Å². The molecule has 0 saturated carbocycles. The van der Waals surface area contributed by atoms with Gasteiger partial charge in [-0.15, -0.1) is 24.0 Å². The van der Waals surface area contributed by atoms with Crippen LogP contribution in [-0.2, 0) is 13.1 Å². The summed E-state index contributed by atoms with van der Waals surface area (Å²) in [5.41, 5.74) is 2.32. The first-order valence-corrected chi connectivity index (χ1v) is 8.51. The van der Waals surface area contributed by atoms with Crippen molar-refractivity contribution in [2.45, 2.75) is 32.5 Å². The van der Waals surface area contributed by atoms with E-state index in [0.29, 0.717) is 13.1 Å². The number of aliphatic hydroxyl groups excluding tert-OH is 1. The molecule has 1 aromatic carbocycles. The van der Waals surface area contributed by atoms with E-state index in [1.807, 2.05) is 35.3 Å². The van der Waals surface area contributed by atoms with Crippen LogP contribution in [0.3, 0.4) is 0 Å². The first-order chi connectivity index (χ1) is 11.7. The fraction of sp³-hybridized carbons (Fsp3) is 0.444. The van der Waals surface area contributed by atoms with Crippen molar-refractivity contribution in [3.8, 4) is 0 Å². The summed E-state index contributed by atoms with van der Waals surface area (Å²) in [6.07, 6.45) is 4.47. The van der Waals surface area contributed by atoms with Gasteiger partial charge in [-0.25, -0.2) is 4.99 Å². The summed E-state index contributed by atoms with van der Waals surface area (Å²) in [6, 6.07) is 10.3. The van der Waals surface area contributed by atoms with E-state index in [2.05, 4.69) is 39.4 Å². The smallest absolute Gasteiger partial charge is 0.194 e. The van der Waals surface area contributed by atoms with Gasteiger partial charge in [0.1, 0.15) is 0 Å². The first-order valence-electron chi connectivity index (χ1n) is 8.51. The third-order valence-corrected chi connectivity index (χ3v) is 4.08. The highest BCUT2D eigenvalue weighted by atomic mass is 127. The Morgan fingerprint density at radius 3 is 2.80 bits per heavy atom. The van der Waals surface area contributed by atoms with Gasteiger partial charge in [0.25, 0.3) is 0 Å². The molecule has 2 heterocycles. The monoisotopic (exact) mass is 455 g/mol. The van der Waals surface area contributed by atoms with Gasteiger partial charge < -0.3 is 15.3 Å². The average molecular weight is 455 g/mol. The van der Waals surface area contributed by atoms with Gasteiger partial charge in [0.2, 0.25) is 0 Å². The van der Waals surface area contributed by atoms with Gasteiger partial charge in [-0.1, -0.05) is 30.3 Å². The Kier molecular flexibility index (Phi) is 7.70. The highest BCUT2D eigenvalue weighted by Gasteiger charge is 2.22. The molecule has 136 valence electrons. The molecule has 0 spiro atoms. The normalized spacial score (nSPS) is 17.4. The Morgan fingerprint density at radius 1 is 1.32 bits per heavy atom. The Bertz CT molecular complexity index is 673. The zero-order chi connectivity index (χ0) is 16.8. The number of nitrogens with zero attached hydrogens (tertiary/aromatic N) is 4. The summed E-state index contributed by atoms with van der Waals surface area (Å²) < 4.78 is 1.94. The highest BCUT2D eigenvalue weighted by Crippen LogP contribution is 2.10. The van der Waals surface area contributed by atoms with E-state index < -0.39 is 0 Å². The summed E-state index contributed by atoms with van der Waals surface area (Å²) in [7, 11) is 0. The van der Waals surface area contributed by atoms with Crippen molar-refractivity contribution in [1.82, 2.24) is 20.0 Å². The van der Waals surface area contributed by atoms with Crippen LogP contribution in [0.25, 0.3) is 0 Å².